The van der Waals surface area contributed by atoms with Gasteiger partial charge in [0.05, 0.1) is 5.69 Å². The summed E-state index contributed by atoms with van der Waals surface area (Å²) in [6, 6.07) is 5.23. The molecule has 0 bridgehead atoms. The van der Waals surface area contributed by atoms with E-state index in [1.165, 1.54) is 11.3 Å². The normalized spacial score (nSPS) is 10.3. The maximum Gasteiger partial charge on any atom is 0.255 e. The number of hydrogen-bond donors (Lipinski definition) is 1. The summed E-state index contributed by atoms with van der Waals surface area (Å²) in [5.74, 6) is -0.157. The molecule has 1 N–H and O–H groups in total. The quantitative estimate of drug-likeness (QED) is 0.860. The highest BCUT2D eigenvalue weighted by atomic mass is 35.5. The maximum atomic E-state index is 12.0. The first-order valence-electron chi connectivity index (χ1n) is 5.69. The number of thiophene rings is 1. The molecule has 94 valence electrons. The Balaban J connectivity index is 2.19. The van der Waals surface area contributed by atoms with Gasteiger partial charge in [-0.25, -0.2) is 4.98 Å². The second-order valence-corrected chi connectivity index (χ2v) is 5.05. The van der Waals surface area contributed by atoms with Crippen LogP contribution in [0.3, 0.4) is 0 Å². The molecular weight excluding hydrogens is 268 g/mol. The SMILES string of the molecule is CCCc1cc(C(=O)Nc2ccsc2)cc(Cl)n1. The zero-order valence-corrected chi connectivity index (χ0v) is 11.5. The Morgan fingerprint density at radius 1 is 1.50 bits per heavy atom. The Hall–Kier alpha value is -1.39. The largest absolute Gasteiger partial charge is 0.321 e. The predicted molar refractivity (Wildman–Crippen MR) is 75.5 cm³/mol. The van der Waals surface area contributed by atoms with Crippen LogP contribution in [0.1, 0.15) is 29.4 Å². The van der Waals surface area contributed by atoms with E-state index in [-0.39, 0.29) is 5.91 Å². The Kier molecular flexibility index (Phi) is 4.33. The highest BCUT2D eigenvalue weighted by Gasteiger charge is 2.09. The third-order valence-electron chi connectivity index (χ3n) is 2.39. The molecule has 0 saturated carbocycles. The van der Waals surface area contributed by atoms with Crippen LogP contribution < -0.4 is 5.32 Å². The van der Waals surface area contributed by atoms with Crippen molar-refractivity contribution >= 4 is 34.5 Å². The van der Waals surface area contributed by atoms with Crippen LogP contribution in [0.4, 0.5) is 5.69 Å². The fraction of sp³-hybridized carbons (Fsp3) is 0.231. The molecule has 0 aliphatic heterocycles. The molecule has 5 heteroatoms. The van der Waals surface area contributed by atoms with E-state index in [1.54, 1.807) is 12.1 Å². The topological polar surface area (TPSA) is 42.0 Å². The van der Waals surface area contributed by atoms with Crippen LogP contribution in [0.2, 0.25) is 5.15 Å². The lowest BCUT2D eigenvalue weighted by molar-refractivity contribution is 0.102. The Bertz CT molecular complexity index is 540. The average molecular weight is 281 g/mol. The number of hydrogen-bond acceptors (Lipinski definition) is 3. The van der Waals surface area contributed by atoms with Crippen molar-refractivity contribution in [1.29, 1.82) is 0 Å². The van der Waals surface area contributed by atoms with Crippen LogP contribution >= 0.6 is 22.9 Å². The first-order valence-corrected chi connectivity index (χ1v) is 7.01. The molecule has 0 aromatic carbocycles. The van der Waals surface area contributed by atoms with Gasteiger partial charge in [-0.1, -0.05) is 24.9 Å². The standard InChI is InChI=1S/C13H13ClN2OS/c1-2-3-10-6-9(7-12(14)15-10)13(17)16-11-4-5-18-8-11/h4-8H,2-3H2,1H3,(H,16,17). The van der Waals surface area contributed by atoms with Crippen molar-refractivity contribution in [3.8, 4) is 0 Å². The summed E-state index contributed by atoms with van der Waals surface area (Å²) in [6.07, 6.45) is 1.79. The third-order valence-corrected chi connectivity index (χ3v) is 3.27. The number of anilines is 1. The van der Waals surface area contributed by atoms with Crippen LogP contribution in [0, 0.1) is 0 Å². The molecule has 0 fully saturated rings. The van der Waals surface area contributed by atoms with Crippen molar-refractivity contribution in [2.45, 2.75) is 19.8 Å². The van der Waals surface area contributed by atoms with Gasteiger partial charge in [0.2, 0.25) is 0 Å². The summed E-state index contributed by atoms with van der Waals surface area (Å²) in [6.45, 7) is 2.06. The van der Waals surface area contributed by atoms with Crippen LogP contribution in [0.25, 0.3) is 0 Å². The molecular formula is C13H13ClN2OS. The molecule has 2 heterocycles. The molecule has 1 amide bonds. The van der Waals surface area contributed by atoms with Crippen molar-refractivity contribution in [3.63, 3.8) is 0 Å². The summed E-state index contributed by atoms with van der Waals surface area (Å²) in [4.78, 5) is 16.2. The van der Waals surface area contributed by atoms with Gasteiger partial charge in [0, 0.05) is 16.6 Å². The van der Waals surface area contributed by atoms with Gasteiger partial charge in [-0.2, -0.15) is 11.3 Å². The van der Waals surface area contributed by atoms with E-state index in [1.807, 2.05) is 16.8 Å². The molecule has 2 rings (SSSR count). The average Bonchev–Trinajstić information content (AvgIpc) is 2.81. The van der Waals surface area contributed by atoms with E-state index >= 15 is 0 Å². The molecule has 3 nitrogen and oxygen atoms in total. The minimum absolute atomic E-state index is 0.157. The van der Waals surface area contributed by atoms with Gasteiger partial charge in [0.1, 0.15) is 5.15 Å². The highest BCUT2D eigenvalue weighted by Crippen LogP contribution is 2.16. The molecule has 0 atom stereocenters. The molecule has 18 heavy (non-hydrogen) atoms. The number of nitrogens with zero attached hydrogens (tertiary/aromatic N) is 1. The lowest BCUT2D eigenvalue weighted by atomic mass is 10.1. The number of pyridine rings is 1. The molecule has 0 unspecified atom stereocenters. The summed E-state index contributed by atoms with van der Waals surface area (Å²) < 4.78 is 0. The number of amides is 1. The number of carbonyl (C=O) groups excluding carboxylic acids is 1. The van der Waals surface area contributed by atoms with Gasteiger partial charge < -0.3 is 5.32 Å². The van der Waals surface area contributed by atoms with E-state index in [9.17, 15) is 4.79 Å². The first-order chi connectivity index (χ1) is 8.69. The van der Waals surface area contributed by atoms with E-state index in [2.05, 4.69) is 17.2 Å². The van der Waals surface area contributed by atoms with Gasteiger partial charge >= 0.3 is 0 Å². The smallest absolute Gasteiger partial charge is 0.255 e. The fourth-order valence-electron chi connectivity index (χ4n) is 1.61. The van der Waals surface area contributed by atoms with Crippen molar-refractivity contribution in [1.82, 2.24) is 4.98 Å². The first kappa shape index (κ1) is 13.1. The number of carbonyl (C=O) groups is 1. The maximum absolute atomic E-state index is 12.0. The van der Waals surface area contributed by atoms with E-state index in [4.69, 9.17) is 11.6 Å². The molecule has 2 aromatic heterocycles. The molecule has 0 radical (unpaired) electrons. The second kappa shape index (κ2) is 5.98. The minimum Gasteiger partial charge on any atom is -0.321 e. The van der Waals surface area contributed by atoms with Gasteiger partial charge in [-0.15, -0.1) is 0 Å². The lowest BCUT2D eigenvalue weighted by Gasteiger charge is -2.05. The van der Waals surface area contributed by atoms with Gasteiger partial charge in [-0.3, -0.25) is 4.79 Å². The third kappa shape index (κ3) is 3.31. The molecule has 0 spiro atoms. The van der Waals surface area contributed by atoms with Gasteiger partial charge in [-0.05, 0) is 30.0 Å². The number of nitrogens with one attached hydrogen (secondary N) is 1. The highest BCUT2D eigenvalue weighted by molar-refractivity contribution is 7.08. The zero-order chi connectivity index (χ0) is 13.0. The molecule has 0 saturated heterocycles. The lowest BCUT2D eigenvalue weighted by Crippen LogP contribution is -2.12. The zero-order valence-electron chi connectivity index (χ0n) is 9.94. The summed E-state index contributed by atoms with van der Waals surface area (Å²) in [5, 5.41) is 6.97. The second-order valence-electron chi connectivity index (χ2n) is 3.89. The summed E-state index contributed by atoms with van der Waals surface area (Å²) in [7, 11) is 0. The Morgan fingerprint density at radius 2 is 2.33 bits per heavy atom. The van der Waals surface area contributed by atoms with Gasteiger partial charge in [0.25, 0.3) is 5.91 Å². The van der Waals surface area contributed by atoms with Crippen LogP contribution in [-0.2, 0) is 6.42 Å². The Morgan fingerprint density at radius 3 is 3.00 bits per heavy atom. The number of aryl methyl sites for hydroxylation is 1. The monoisotopic (exact) mass is 280 g/mol. The van der Waals surface area contributed by atoms with Crippen molar-refractivity contribution in [2.24, 2.45) is 0 Å². The van der Waals surface area contributed by atoms with Crippen LogP contribution in [0.15, 0.2) is 29.0 Å². The van der Waals surface area contributed by atoms with Gasteiger partial charge in [0.15, 0.2) is 0 Å². The predicted octanol–water partition coefficient (Wildman–Crippen LogP) is 4.00. The number of halogens is 1. The number of rotatable bonds is 4. The minimum atomic E-state index is -0.157. The van der Waals surface area contributed by atoms with Crippen LogP contribution in [-0.4, -0.2) is 10.9 Å². The van der Waals surface area contributed by atoms with E-state index in [0.717, 1.165) is 24.2 Å². The number of aromatic nitrogens is 1. The van der Waals surface area contributed by atoms with E-state index in [0.29, 0.717) is 10.7 Å². The fourth-order valence-corrected chi connectivity index (χ4v) is 2.42. The molecule has 0 aliphatic carbocycles. The summed E-state index contributed by atoms with van der Waals surface area (Å²) in [5.41, 5.74) is 2.19. The molecule has 0 aliphatic rings. The van der Waals surface area contributed by atoms with Crippen molar-refractivity contribution < 1.29 is 4.79 Å². The van der Waals surface area contributed by atoms with Crippen LogP contribution in [0.5, 0.6) is 0 Å². The van der Waals surface area contributed by atoms with E-state index < -0.39 is 0 Å². The van der Waals surface area contributed by atoms with Crippen molar-refractivity contribution in [3.05, 3.63) is 45.4 Å². The Labute approximate surface area is 115 Å². The summed E-state index contributed by atoms with van der Waals surface area (Å²) >= 11 is 7.46. The van der Waals surface area contributed by atoms with Crippen molar-refractivity contribution in [2.75, 3.05) is 5.32 Å². The molecule has 2 aromatic rings.